The number of pyridine rings is 1. The van der Waals surface area contributed by atoms with Crippen molar-refractivity contribution in [1.82, 2.24) is 4.98 Å². The van der Waals surface area contributed by atoms with Gasteiger partial charge in [-0.3, -0.25) is 4.79 Å². The van der Waals surface area contributed by atoms with E-state index < -0.39 is 5.97 Å². The molecular formula is C16H16N2O3. The highest BCUT2D eigenvalue weighted by Crippen LogP contribution is 2.14. The van der Waals surface area contributed by atoms with Crippen molar-refractivity contribution in [3.63, 3.8) is 0 Å². The molecule has 5 heteroatoms. The Hall–Kier alpha value is -2.69. The number of carbonyl (C=O) groups excluding carboxylic acids is 1. The number of nitrogens with one attached hydrogen (secondary N) is 1. The average Bonchev–Trinajstić information content (AvgIpc) is 2.43. The smallest absolute Gasteiger partial charge is 0.356 e. The lowest BCUT2D eigenvalue weighted by Gasteiger charge is -2.08. The molecule has 0 atom stereocenters. The third kappa shape index (κ3) is 3.66. The molecule has 2 aromatic rings. The second-order valence-corrected chi connectivity index (χ2v) is 4.85. The Bertz CT molecular complexity index is 696. The maximum Gasteiger partial charge on any atom is 0.356 e. The summed E-state index contributed by atoms with van der Waals surface area (Å²) in [6.07, 6.45) is 1.57. The van der Waals surface area contributed by atoms with Crippen molar-refractivity contribution in [3.05, 3.63) is 58.9 Å². The second-order valence-electron chi connectivity index (χ2n) is 4.85. The first-order chi connectivity index (χ1) is 9.97. The number of benzene rings is 1. The zero-order valence-corrected chi connectivity index (χ0v) is 11.9. The van der Waals surface area contributed by atoms with Crippen LogP contribution in [0.5, 0.6) is 0 Å². The van der Waals surface area contributed by atoms with Gasteiger partial charge in [-0.2, -0.15) is 0 Å². The summed E-state index contributed by atoms with van der Waals surface area (Å²) in [6, 6.07) is 8.91. The molecule has 0 spiro atoms. The summed E-state index contributed by atoms with van der Waals surface area (Å²) in [5.41, 5.74) is 3.22. The van der Waals surface area contributed by atoms with Crippen LogP contribution in [0.25, 0.3) is 0 Å². The predicted octanol–water partition coefficient (Wildman–Crippen LogP) is 2.58. The fraction of sp³-hybridized carbons (Fsp3) is 0.188. The van der Waals surface area contributed by atoms with Gasteiger partial charge in [-0.1, -0.05) is 18.2 Å². The SMILES string of the molecule is Cc1ccc(CC(=O)Nc2cccnc2C(=O)O)cc1C. The molecule has 2 rings (SSSR count). The molecule has 21 heavy (non-hydrogen) atoms. The fourth-order valence-electron chi connectivity index (χ4n) is 1.97. The van der Waals surface area contributed by atoms with Gasteiger partial charge in [-0.15, -0.1) is 0 Å². The number of anilines is 1. The number of hydrogen-bond donors (Lipinski definition) is 2. The highest BCUT2D eigenvalue weighted by molar-refractivity contribution is 5.99. The van der Waals surface area contributed by atoms with Gasteiger partial charge in [0.1, 0.15) is 0 Å². The number of nitrogens with zero attached hydrogens (tertiary/aromatic N) is 1. The molecule has 1 heterocycles. The van der Waals surface area contributed by atoms with Gasteiger partial charge in [-0.05, 0) is 42.7 Å². The molecule has 0 fully saturated rings. The van der Waals surface area contributed by atoms with E-state index >= 15 is 0 Å². The van der Waals surface area contributed by atoms with Crippen LogP contribution in [-0.2, 0) is 11.2 Å². The summed E-state index contributed by atoms with van der Waals surface area (Å²) in [5.74, 6) is -1.44. The van der Waals surface area contributed by atoms with Crippen LogP contribution >= 0.6 is 0 Å². The lowest BCUT2D eigenvalue weighted by molar-refractivity contribution is -0.115. The van der Waals surface area contributed by atoms with Gasteiger partial charge in [0.05, 0.1) is 12.1 Å². The monoisotopic (exact) mass is 284 g/mol. The van der Waals surface area contributed by atoms with Crippen LogP contribution in [0.4, 0.5) is 5.69 Å². The maximum atomic E-state index is 12.0. The number of aromatic nitrogens is 1. The van der Waals surface area contributed by atoms with Crippen LogP contribution in [-0.4, -0.2) is 22.0 Å². The Morgan fingerprint density at radius 1 is 1.19 bits per heavy atom. The molecule has 0 aliphatic rings. The number of carboxylic acid groups (broad SMARTS) is 1. The molecule has 108 valence electrons. The van der Waals surface area contributed by atoms with Crippen LogP contribution in [0.1, 0.15) is 27.2 Å². The minimum Gasteiger partial charge on any atom is -0.476 e. The molecule has 0 aliphatic carbocycles. The maximum absolute atomic E-state index is 12.0. The average molecular weight is 284 g/mol. The highest BCUT2D eigenvalue weighted by Gasteiger charge is 2.13. The van der Waals surface area contributed by atoms with E-state index in [1.54, 1.807) is 6.07 Å². The standard InChI is InChI=1S/C16H16N2O3/c1-10-5-6-12(8-11(10)2)9-14(19)18-13-4-3-7-17-15(13)16(20)21/h3-8H,9H2,1-2H3,(H,18,19)(H,20,21). The van der Waals surface area contributed by atoms with Crippen molar-refractivity contribution in [2.75, 3.05) is 5.32 Å². The van der Waals surface area contributed by atoms with E-state index in [1.807, 2.05) is 32.0 Å². The molecule has 0 radical (unpaired) electrons. The van der Waals surface area contributed by atoms with Gasteiger partial charge < -0.3 is 10.4 Å². The van der Waals surface area contributed by atoms with Crippen molar-refractivity contribution in [3.8, 4) is 0 Å². The first kappa shape index (κ1) is 14.7. The van der Waals surface area contributed by atoms with Crippen LogP contribution in [0.2, 0.25) is 0 Å². The Morgan fingerprint density at radius 3 is 2.62 bits per heavy atom. The zero-order chi connectivity index (χ0) is 15.4. The molecule has 5 nitrogen and oxygen atoms in total. The number of hydrogen-bond acceptors (Lipinski definition) is 3. The minimum atomic E-state index is -1.17. The van der Waals surface area contributed by atoms with Gasteiger partial charge in [0, 0.05) is 6.20 Å². The van der Waals surface area contributed by atoms with Crippen molar-refractivity contribution in [2.45, 2.75) is 20.3 Å². The second kappa shape index (κ2) is 6.17. The van der Waals surface area contributed by atoms with E-state index in [-0.39, 0.29) is 23.7 Å². The topological polar surface area (TPSA) is 79.3 Å². The quantitative estimate of drug-likeness (QED) is 0.904. The molecule has 1 aromatic heterocycles. The largest absolute Gasteiger partial charge is 0.476 e. The predicted molar refractivity (Wildman–Crippen MR) is 79.4 cm³/mol. The van der Waals surface area contributed by atoms with Gasteiger partial charge in [0.25, 0.3) is 0 Å². The first-order valence-corrected chi connectivity index (χ1v) is 6.51. The number of aryl methyl sites for hydroxylation is 2. The Labute approximate surface area is 122 Å². The number of carboxylic acids is 1. The van der Waals surface area contributed by atoms with Gasteiger partial charge in [-0.25, -0.2) is 9.78 Å². The van der Waals surface area contributed by atoms with Crippen molar-refractivity contribution in [2.24, 2.45) is 0 Å². The summed E-state index contributed by atoms with van der Waals surface area (Å²) >= 11 is 0. The molecule has 0 saturated carbocycles. The summed E-state index contributed by atoms with van der Waals surface area (Å²) in [5, 5.41) is 11.6. The summed E-state index contributed by atoms with van der Waals surface area (Å²) in [7, 11) is 0. The summed E-state index contributed by atoms with van der Waals surface area (Å²) in [4.78, 5) is 26.8. The van der Waals surface area contributed by atoms with E-state index in [1.165, 1.54) is 17.8 Å². The number of rotatable bonds is 4. The Kier molecular flexibility index (Phi) is 4.33. The van der Waals surface area contributed by atoms with E-state index in [0.29, 0.717) is 0 Å². The lowest BCUT2D eigenvalue weighted by atomic mass is 10.0. The minimum absolute atomic E-state index is 0.161. The van der Waals surface area contributed by atoms with E-state index in [4.69, 9.17) is 5.11 Å². The molecule has 0 saturated heterocycles. The Morgan fingerprint density at radius 2 is 1.95 bits per heavy atom. The lowest BCUT2D eigenvalue weighted by Crippen LogP contribution is -2.17. The number of aromatic carboxylic acids is 1. The zero-order valence-electron chi connectivity index (χ0n) is 11.9. The molecule has 0 bridgehead atoms. The molecule has 1 aromatic carbocycles. The normalized spacial score (nSPS) is 10.2. The van der Waals surface area contributed by atoms with Gasteiger partial charge in [0.15, 0.2) is 5.69 Å². The van der Waals surface area contributed by atoms with Crippen LogP contribution in [0.15, 0.2) is 36.5 Å². The Balaban J connectivity index is 2.12. The molecule has 2 N–H and O–H groups in total. The third-order valence-corrected chi connectivity index (χ3v) is 3.22. The van der Waals surface area contributed by atoms with Crippen molar-refractivity contribution in [1.29, 1.82) is 0 Å². The van der Waals surface area contributed by atoms with Crippen LogP contribution in [0, 0.1) is 13.8 Å². The van der Waals surface area contributed by atoms with Gasteiger partial charge in [0.2, 0.25) is 5.91 Å². The molecular weight excluding hydrogens is 268 g/mol. The summed E-state index contributed by atoms with van der Waals surface area (Å²) < 4.78 is 0. The first-order valence-electron chi connectivity index (χ1n) is 6.51. The van der Waals surface area contributed by atoms with Crippen molar-refractivity contribution < 1.29 is 14.7 Å². The third-order valence-electron chi connectivity index (χ3n) is 3.22. The number of carbonyl (C=O) groups is 2. The fourth-order valence-corrected chi connectivity index (χ4v) is 1.97. The molecule has 0 unspecified atom stereocenters. The molecule has 0 aliphatic heterocycles. The van der Waals surface area contributed by atoms with Crippen LogP contribution < -0.4 is 5.32 Å². The van der Waals surface area contributed by atoms with Gasteiger partial charge >= 0.3 is 5.97 Å². The van der Waals surface area contributed by atoms with E-state index in [0.717, 1.165) is 11.1 Å². The van der Waals surface area contributed by atoms with E-state index in [2.05, 4.69) is 10.3 Å². The van der Waals surface area contributed by atoms with Crippen molar-refractivity contribution >= 4 is 17.6 Å². The highest BCUT2D eigenvalue weighted by atomic mass is 16.4. The number of amides is 1. The van der Waals surface area contributed by atoms with E-state index in [9.17, 15) is 9.59 Å². The van der Waals surface area contributed by atoms with Crippen LogP contribution in [0.3, 0.4) is 0 Å². The summed E-state index contributed by atoms with van der Waals surface area (Å²) in [6.45, 7) is 3.99. The molecule has 1 amide bonds.